The second-order valence-corrected chi connectivity index (χ2v) is 2.76. The Morgan fingerprint density at radius 1 is 1.27 bits per heavy atom. The van der Waals surface area contributed by atoms with Crippen LogP contribution >= 0.6 is 0 Å². The summed E-state index contributed by atoms with van der Waals surface area (Å²) in [6, 6.07) is -0.763. The zero-order valence-electron chi connectivity index (χ0n) is 5.84. The van der Waals surface area contributed by atoms with E-state index in [1.54, 1.807) is 0 Å². The summed E-state index contributed by atoms with van der Waals surface area (Å²) < 4.78 is 0. The summed E-state index contributed by atoms with van der Waals surface area (Å²) in [6.07, 6.45) is -4.21. The summed E-state index contributed by atoms with van der Waals surface area (Å²) in [5.74, 6) is -0.518. The van der Waals surface area contributed by atoms with Crippen LogP contribution in [0.1, 0.15) is 6.42 Å². The molecule has 1 fully saturated rings. The van der Waals surface area contributed by atoms with E-state index in [0.717, 1.165) is 0 Å². The molecule has 1 saturated carbocycles. The molecule has 1 rings (SSSR count). The molecule has 0 spiro atoms. The van der Waals surface area contributed by atoms with E-state index < -0.39 is 30.1 Å². The van der Waals surface area contributed by atoms with Crippen LogP contribution in [0.3, 0.4) is 0 Å². The maximum absolute atomic E-state index is 10.8. The fourth-order valence-corrected chi connectivity index (χ4v) is 1.10. The molecule has 1 aliphatic rings. The van der Waals surface area contributed by atoms with Crippen molar-refractivity contribution in [3.63, 3.8) is 0 Å². The standard InChI is InChI=1S/C6H11NO4/c7-2-1-3(8)5(10)6(11)4(2)9/h2,4-6,9-11H,1,7H2/t2-,4+,5-,6-/m0/s1. The van der Waals surface area contributed by atoms with E-state index in [-0.39, 0.29) is 6.42 Å². The Morgan fingerprint density at radius 3 is 2.36 bits per heavy atom. The number of carbonyl (C=O) groups is 1. The fourth-order valence-electron chi connectivity index (χ4n) is 1.10. The lowest BCUT2D eigenvalue weighted by Gasteiger charge is -2.31. The highest BCUT2D eigenvalue weighted by atomic mass is 16.4. The van der Waals surface area contributed by atoms with Crippen molar-refractivity contribution in [3.05, 3.63) is 0 Å². The van der Waals surface area contributed by atoms with E-state index in [4.69, 9.17) is 21.1 Å². The number of nitrogens with two attached hydrogens (primary N) is 1. The van der Waals surface area contributed by atoms with Crippen LogP contribution in [0.15, 0.2) is 0 Å². The Kier molecular flexibility index (Phi) is 2.24. The summed E-state index contributed by atoms with van der Waals surface area (Å²) in [4.78, 5) is 10.8. The average molecular weight is 161 g/mol. The van der Waals surface area contributed by atoms with E-state index >= 15 is 0 Å². The van der Waals surface area contributed by atoms with Gasteiger partial charge in [-0.15, -0.1) is 0 Å². The first kappa shape index (κ1) is 8.61. The third-order valence-electron chi connectivity index (χ3n) is 1.88. The molecule has 4 atom stereocenters. The van der Waals surface area contributed by atoms with Crippen LogP contribution in [0.4, 0.5) is 0 Å². The van der Waals surface area contributed by atoms with Gasteiger partial charge in [-0.05, 0) is 0 Å². The molecule has 0 aliphatic heterocycles. The number of aliphatic hydroxyl groups excluding tert-OH is 3. The first-order valence-electron chi connectivity index (χ1n) is 3.36. The molecule has 0 unspecified atom stereocenters. The molecule has 0 saturated heterocycles. The van der Waals surface area contributed by atoms with Gasteiger partial charge in [0.05, 0.1) is 6.10 Å². The zero-order valence-corrected chi connectivity index (χ0v) is 5.84. The Balaban J connectivity index is 2.70. The molecule has 5 nitrogen and oxygen atoms in total. The van der Waals surface area contributed by atoms with Gasteiger partial charge in [-0.1, -0.05) is 0 Å². The molecule has 5 heteroatoms. The van der Waals surface area contributed by atoms with Gasteiger partial charge in [0.25, 0.3) is 0 Å². The van der Waals surface area contributed by atoms with Gasteiger partial charge in [-0.3, -0.25) is 4.79 Å². The Labute approximate surface area is 63.4 Å². The van der Waals surface area contributed by atoms with Crippen LogP contribution in [0.25, 0.3) is 0 Å². The molecule has 64 valence electrons. The average Bonchev–Trinajstić information content (AvgIpc) is 1.97. The second-order valence-electron chi connectivity index (χ2n) is 2.76. The van der Waals surface area contributed by atoms with Crippen LogP contribution < -0.4 is 5.73 Å². The smallest absolute Gasteiger partial charge is 0.165 e. The summed E-state index contributed by atoms with van der Waals surface area (Å²) >= 11 is 0. The second kappa shape index (κ2) is 2.86. The highest BCUT2D eigenvalue weighted by Crippen LogP contribution is 2.15. The van der Waals surface area contributed by atoms with Crippen LogP contribution in [-0.2, 0) is 4.79 Å². The normalized spacial score (nSPS) is 46.0. The Bertz CT molecular complexity index is 172. The Hall–Kier alpha value is -0.490. The predicted molar refractivity (Wildman–Crippen MR) is 35.6 cm³/mol. The number of Topliss-reactive ketones (excluding diaryl/α,β-unsaturated/α-hetero) is 1. The SMILES string of the molecule is N[C@H]1CC(=O)[C@H](O)[C@@H](O)[C@@H]1O. The molecular formula is C6H11NO4. The molecule has 0 aromatic rings. The minimum atomic E-state index is -1.48. The van der Waals surface area contributed by atoms with E-state index in [9.17, 15) is 4.79 Å². The molecule has 0 aromatic heterocycles. The highest BCUT2D eigenvalue weighted by Gasteiger charge is 2.39. The van der Waals surface area contributed by atoms with Gasteiger partial charge >= 0.3 is 0 Å². The first-order valence-corrected chi connectivity index (χ1v) is 3.36. The largest absolute Gasteiger partial charge is 0.389 e. The predicted octanol–water partition coefficient (Wildman–Crippen LogP) is -2.63. The van der Waals surface area contributed by atoms with E-state index in [1.165, 1.54) is 0 Å². The van der Waals surface area contributed by atoms with Crippen molar-refractivity contribution in [1.82, 2.24) is 0 Å². The number of aliphatic hydroxyl groups is 3. The maximum atomic E-state index is 10.8. The minimum absolute atomic E-state index is 0.0839. The summed E-state index contributed by atoms with van der Waals surface area (Å²) in [5.41, 5.74) is 5.28. The Morgan fingerprint density at radius 2 is 1.82 bits per heavy atom. The fraction of sp³-hybridized carbons (Fsp3) is 0.833. The summed E-state index contributed by atoms with van der Waals surface area (Å²) in [5, 5.41) is 27.0. The topological polar surface area (TPSA) is 104 Å². The van der Waals surface area contributed by atoms with Crippen LogP contribution in [0.5, 0.6) is 0 Å². The minimum Gasteiger partial charge on any atom is -0.389 e. The van der Waals surface area contributed by atoms with Gasteiger partial charge < -0.3 is 21.1 Å². The number of hydrogen-bond acceptors (Lipinski definition) is 5. The maximum Gasteiger partial charge on any atom is 0.165 e. The molecule has 0 heterocycles. The van der Waals surface area contributed by atoms with Crippen molar-refractivity contribution in [3.8, 4) is 0 Å². The molecular weight excluding hydrogens is 150 g/mol. The number of carbonyl (C=O) groups excluding carboxylic acids is 1. The van der Waals surface area contributed by atoms with Crippen molar-refractivity contribution in [1.29, 1.82) is 0 Å². The van der Waals surface area contributed by atoms with Gasteiger partial charge in [0.2, 0.25) is 0 Å². The van der Waals surface area contributed by atoms with Crippen LogP contribution in [0.2, 0.25) is 0 Å². The van der Waals surface area contributed by atoms with Crippen molar-refractivity contribution >= 4 is 5.78 Å². The monoisotopic (exact) mass is 161 g/mol. The van der Waals surface area contributed by atoms with Gasteiger partial charge in [0.15, 0.2) is 5.78 Å². The lowest BCUT2D eigenvalue weighted by atomic mass is 9.87. The van der Waals surface area contributed by atoms with Crippen LogP contribution in [-0.4, -0.2) is 45.5 Å². The van der Waals surface area contributed by atoms with Crippen molar-refractivity contribution in [2.24, 2.45) is 5.73 Å². The molecule has 0 aromatic carbocycles. The summed E-state index contributed by atoms with van der Waals surface area (Å²) in [7, 11) is 0. The summed E-state index contributed by atoms with van der Waals surface area (Å²) in [6.45, 7) is 0. The van der Waals surface area contributed by atoms with Gasteiger partial charge in [0, 0.05) is 12.5 Å². The molecule has 0 amide bonds. The van der Waals surface area contributed by atoms with Crippen LogP contribution in [0, 0.1) is 0 Å². The van der Waals surface area contributed by atoms with Gasteiger partial charge in [-0.2, -0.15) is 0 Å². The van der Waals surface area contributed by atoms with Crippen molar-refractivity contribution in [2.75, 3.05) is 0 Å². The molecule has 0 radical (unpaired) electrons. The zero-order chi connectivity index (χ0) is 8.59. The third kappa shape index (κ3) is 1.41. The lowest BCUT2D eigenvalue weighted by Crippen LogP contribution is -2.56. The number of hydrogen-bond donors (Lipinski definition) is 4. The number of ketones is 1. The first-order chi connectivity index (χ1) is 5.04. The van der Waals surface area contributed by atoms with Gasteiger partial charge in [0.1, 0.15) is 12.2 Å². The van der Waals surface area contributed by atoms with Crippen molar-refractivity contribution < 1.29 is 20.1 Å². The molecule has 0 bridgehead atoms. The van der Waals surface area contributed by atoms with E-state index in [1.807, 2.05) is 0 Å². The quantitative estimate of drug-likeness (QED) is 0.311. The van der Waals surface area contributed by atoms with Crippen molar-refractivity contribution in [2.45, 2.75) is 30.8 Å². The third-order valence-corrected chi connectivity index (χ3v) is 1.88. The highest BCUT2D eigenvalue weighted by molar-refractivity contribution is 5.85. The van der Waals surface area contributed by atoms with E-state index in [0.29, 0.717) is 0 Å². The molecule has 5 N–H and O–H groups in total. The number of rotatable bonds is 0. The molecule has 11 heavy (non-hydrogen) atoms. The van der Waals surface area contributed by atoms with Gasteiger partial charge in [-0.25, -0.2) is 0 Å². The lowest BCUT2D eigenvalue weighted by molar-refractivity contribution is -0.148. The molecule has 1 aliphatic carbocycles. The van der Waals surface area contributed by atoms with E-state index in [2.05, 4.69) is 0 Å².